The predicted octanol–water partition coefficient (Wildman–Crippen LogP) is 3.92. The third-order valence-corrected chi connectivity index (χ3v) is 3.32. The minimum Gasteiger partial charge on any atom is -0.126 e. The molecule has 0 fully saturated rings. The van der Waals surface area contributed by atoms with Gasteiger partial charge in [0.1, 0.15) is 0 Å². The summed E-state index contributed by atoms with van der Waals surface area (Å²) in [6, 6.07) is 0. The fraction of sp³-hybridized carbons (Fsp3) is 0.636. The molecule has 1 aliphatic rings. The van der Waals surface area contributed by atoms with Gasteiger partial charge in [0.2, 0.25) is 0 Å². The second kappa shape index (κ2) is 4.13. The molecule has 0 spiro atoms. The highest BCUT2D eigenvalue weighted by Crippen LogP contribution is 2.36. The van der Waals surface area contributed by atoms with E-state index in [9.17, 15) is 0 Å². The summed E-state index contributed by atoms with van der Waals surface area (Å²) in [5.74, 6) is 0.747. The van der Waals surface area contributed by atoms with Crippen LogP contribution in [0.15, 0.2) is 23.8 Å². The summed E-state index contributed by atoms with van der Waals surface area (Å²) in [4.78, 5) is 0. The zero-order valence-electron chi connectivity index (χ0n) is 7.94. The van der Waals surface area contributed by atoms with Gasteiger partial charge >= 0.3 is 0 Å². The van der Waals surface area contributed by atoms with Gasteiger partial charge in [0.05, 0.1) is 0 Å². The van der Waals surface area contributed by atoms with Gasteiger partial charge < -0.3 is 0 Å². The summed E-state index contributed by atoms with van der Waals surface area (Å²) in [7, 11) is 0. The molecule has 68 valence electrons. The molecule has 1 atom stereocenters. The van der Waals surface area contributed by atoms with Gasteiger partial charge in [-0.25, -0.2) is 0 Å². The standard InChI is InChI=1S/C11H17Cl/c1-3-10-6-5-7-11(4-2,8-10)9-12/h5-7H,3-4,8-9H2,1-2H3. The first-order valence-corrected chi connectivity index (χ1v) is 5.23. The molecule has 0 saturated heterocycles. The quantitative estimate of drug-likeness (QED) is 0.584. The van der Waals surface area contributed by atoms with Crippen molar-refractivity contribution >= 4 is 11.6 Å². The van der Waals surface area contributed by atoms with Gasteiger partial charge in [-0.05, 0) is 19.3 Å². The maximum atomic E-state index is 5.98. The Balaban J connectivity index is 2.73. The van der Waals surface area contributed by atoms with E-state index >= 15 is 0 Å². The highest BCUT2D eigenvalue weighted by atomic mass is 35.5. The molecule has 1 rings (SSSR count). The third-order valence-electron chi connectivity index (χ3n) is 2.79. The molecule has 0 aliphatic heterocycles. The summed E-state index contributed by atoms with van der Waals surface area (Å²) >= 11 is 5.98. The van der Waals surface area contributed by atoms with Crippen LogP contribution in [-0.4, -0.2) is 5.88 Å². The molecule has 0 nitrogen and oxygen atoms in total. The molecule has 0 aromatic carbocycles. The molecule has 0 heterocycles. The van der Waals surface area contributed by atoms with Crippen LogP contribution in [0.1, 0.15) is 33.1 Å². The lowest BCUT2D eigenvalue weighted by Gasteiger charge is -2.30. The van der Waals surface area contributed by atoms with Crippen molar-refractivity contribution in [3.8, 4) is 0 Å². The van der Waals surface area contributed by atoms with E-state index in [4.69, 9.17) is 11.6 Å². The fourth-order valence-corrected chi connectivity index (χ4v) is 2.00. The summed E-state index contributed by atoms with van der Waals surface area (Å²) in [5, 5.41) is 0. The molecule has 0 bridgehead atoms. The van der Waals surface area contributed by atoms with E-state index in [1.807, 2.05) is 0 Å². The Bertz CT molecular complexity index is 197. The highest BCUT2D eigenvalue weighted by molar-refractivity contribution is 6.18. The Morgan fingerprint density at radius 3 is 2.75 bits per heavy atom. The van der Waals surface area contributed by atoms with E-state index in [0.29, 0.717) is 0 Å². The number of allylic oxidation sites excluding steroid dienone is 4. The molecule has 0 amide bonds. The Morgan fingerprint density at radius 2 is 2.25 bits per heavy atom. The molecule has 0 aromatic heterocycles. The average Bonchev–Trinajstić information content (AvgIpc) is 2.18. The lowest BCUT2D eigenvalue weighted by molar-refractivity contribution is 0.405. The summed E-state index contributed by atoms with van der Waals surface area (Å²) in [6.07, 6.45) is 10.1. The predicted molar refractivity (Wildman–Crippen MR) is 55.6 cm³/mol. The summed E-state index contributed by atoms with van der Waals surface area (Å²) in [6.45, 7) is 4.42. The molecule has 1 unspecified atom stereocenters. The number of rotatable bonds is 3. The van der Waals surface area contributed by atoms with Crippen molar-refractivity contribution in [3.63, 3.8) is 0 Å². The first-order chi connectivity index (χ1) is 5.76. The van der Waals surface area contributed by atoms with Gasteiger partial charge in [-0.3, -0.25) is 0 Å². The van der Waals surface area contributed by atoms with Crippen LogP contribution in [0.25, 0.3) is 0 Å². The van der Waals surface area contributed by atoms with E-state index in [2.05, 4.69) is 32.1 Å². The Morgan fingerprint density at radius 1 is 1.50 bits per heavy atom. The van der Waals surface area contributed by atoms with Crippen LogP contribution in [0.3, 0.4) is 0 Å². The van der Waals surface area contributed by atoms with E-state index in [1.54, 1.807) is 0 Å². The Hall–Kier alpha value is -0.230. The van der Waals surface area contributed by atoms with Gasteiger partial charge in [0.15, 0.2) is 0 Å². The third kappa shape index (κ3) is 1.92. The van der Waals surface area contributed by atoms with Crippen LogP contribution in [0.4, 0.5) is 0 Å². The zero-order valence-corrected chi connectivity index (χ0v) is 8.69. The van der Waals surface area contributed by atoms with Crippen LogP contribution in [0.2, 0.25) is 0 Å². The maximum absolute atomic E-state index is 5.98. The average molecular weight is 185 g/mol. The van der Waals surface area contributed by atoms with Crippen LogP contribution < -0.4 is 0 Å². The monoisotopic (exact) mass is 184 g/mol. The Kier molecular flexibility index (Phi) is 3.39. The first-order valence-electron chi connectivity index (χ1n) is 4.69. The molecule has 0 saturated carbocycles. The smallest absolute Gasteiger partial charge is 0.0317 e. The molecular formula is C11H17Cl. The van der Waals surface area contributed by atoms with E-state index in [1.165, 1.54) is 5.57 Å². The van der Waals surface area contributed by atoms with Gasteiger partial charge in [-0.2, -0.15) is 0 Å². The molecule has 0 N–H and O–H groups in total. The van der Waals surface area contributed by atoms with Gasteiger partial charge in [-0.1, -0.05) is 37.6 Å². The Labute approximate surface area is 80.3 Å². The largest absolute Gasteiger partial charge is 0.126 e. The molecule has 12 heavy (non-hydrogen) atoms. The van der Waals surface area contributed by atoms with Crippen molar-refractivity contribution in [2.24, 2.45) is 5.41 Å². The van der Waals surface area contributed by atoms with Gasteiger partial charge in [-0.15, -0.1) is 11.6 Å². The van der Waals surface area contributed by atoms with Crippen LogP contribution in [0, 0.1) is 5.41 Å². The highest BCUT2D eigenvalue weighted by Gasteiger charge is 2.26. The summed E-state index contributed by atoms with van der Waals surface area (Å²) in [5.41, 5.74) is 1.78. The topological polar surface area (TPSA) is 0 Å². The normalized spacial score (nSPS) is 28.8. The molecule has 1 aliphatic carbocycles. The SMILES string of the molecule is CCC1=CC=CC(CC)(CCl)C1. The number of alkyl halides is 1. The van der Waals surface area contributed by atoms with Crippen LogP contribution >= 0.6 is 11.6 Å². The van der Waals surface area contributed by atoms with E-state index in [0.717, 1.165) is 25.1 Å². The van der Waals surface area contributed by atoms with Crippen molar-refractivity contribution in [1.29, 1.82) is 0 Å². The fourth-order valence-electron chi connectivity index (χ4n) is 1.63. The lowest BCUT2D eigenvalue weighted by Crippen LogP contribution is -2.21. The van der Waals surface area contributed by atoms with Crippen molar-refractivity contribution in [3.05, 3.63) is 23.8 Å². The molecule has 1 heteroatoms. The maximum Gasteiger partial charge on any atom is 0.0317 e. The lowest BCUT2D eigenvalue weighted by atomic mass is 9.77. The van der Waals surface area contributed by atoms with Crippen LogP contribution in [0.5, 0.6) is 0 Å². The molecule has 0 radical (unpaired) electrons. The van der Waals surface area contributed by atoms with Crippen molar-refractivity contribution in [2.45, 2.75) is 33.1 Å². The van der Waals surface area contributed by atoms with Crippen molar-refractivity contribution in [2.75, 3.05) is 5.88 Å². The van der Waals surface area contributed by atoms with Crippen molar-refractivity contribution < 1.29 is 0 Å². The minimum atomic E-state index is 0.252. The second-order valence-corrected chi connectivity index (χ2v) is 3.83. The van der Waals surface area contributed by atoms with Crippen molar-refractivity contribution in [1.82, 2.24) is 0 Å². The zero-order chi connectivity index (χ0) is 9.03. The van der Waals surface area contributed by atoms with E-state index < -0.39 is 0 Å². The summed E-state index contributed by atoms with van der Waals surface area (Å²) < 4.78 is 0. The van der Waals surface area contributed by atoms with E-state index in [-0.39, 0.29) is 5.41 Å². The van der Waals surface area contributed by atoms with Gasteiger partial charge in [0.25, 0.3) is 0 Å². The molecular weight excluding hydrogens is 168 g/mol. The van der Waals surface area contributed by atoms with Crippen LogP contribution in [-0.2, 0) is 0 Å². The molecule has 0 aromatic rings. The minimum absolute atomic E-state index is 0.252. The van der Waals surface area contributed by atoms with Gasteiger partial charge in [0, 0.05) is 11.3 Å². The number of hydrogen-bond donors (Lipinski definition) is 0. The second-order valence-electron chi connectivity index (χ2n) is 3.56. The first kappa shape index (κ1) is 9.85. The number of halogens is 1. The number of hydrogen-bond acceptors (Lipinski definition) is 0.